The summed E-state index contributed by atoms with van der Waals surface area (Å²) in [6, 6.07) is 4.44. The van der Waals surface area contributed by atoms with Gasteiger partial charge in [-0.2, -0.15) is 0 Å². The Morgan fingerprint density at radius 3 is 2.89 bits per heavy atom. The van der Waals surface area contributed by atoms with Crippen LogP contribution < -0.4 is 5.32 Å². The number of rotatable bonds is 5. The molecule has 0 bridgehead atoms. The van der Waals surface area contributed by atoms with Crippen LogP contribution in [0.2, 0.25) is 0 Å². The zero-order valence-electron chi connectivity index (χ0n) is 11.0. The predicted octanol–water partition coefficient (Wildman–Crippen LogP) is 2.02. The van der Waals surface area contributed by atoms with E-state index in [0.717, 1.165) is 26.3 Å². The lowest BCUT2D eigenvalue weighted by molar-refractivity contribution is -0.120. The Balaban J connectivity index is 2.00. The quantitative estimate of drug-likeness (QED) is 0.829. The van der Waals surface area contributed by atoms with Crippen LogP contribution >= 0.6 is 27.3 Å². The van der Waals surface area contributed by atoms with Crippen molar-refractivity contribution in [2.24, 2.45) is 0 Å². The highest BCUT2D eigenvalue weighted by molar-refractivity contribution is 9.10. The summed E-state index contributed by atoms with van der Waals surface area (Å²) < 4.78 is 5.40. The standard InChI is InChI=1S/C13H19BrN2O2S/c1-10(14)13(17)15-9-11(12-3-2-8-19-12)16-4-6-18-7-5-16/h2-3,8,10-11H,4-7,9H2,1H3,(H,15,17). The fraction of sp³-hybridized carbons (Fsp3) is 0.615. The molecule has 106 valence electrons. The molecule has 1 aliphatic heterocycles. The van der Waals surface area contributed by atoms with Crippen molar-refractivity contribution in [3.05, 3.63) is 22.4 Å². The van der Waals surface area contributed by atoms with E-state index in [1.807, 2.05) is 6.92 Å². The van der Waals surface area contributed by atoms with Gasteiger partial charge in [0, 0.05) is 24.5 Å². The van der Waals surface area contributed by atoms with Gasteiger partial charge in [0.2, 0.25) is 5.91 Å². The maximum absolute atomic E-state index is 11.7. The second kappa shape index (κ2) is 7.38. The Bertz CT molecular complexity index is 391. The van der Waals surface area contributed by atoms with E-state index in [9.17, 15) is 4.79 Å². The van der Waals surface area contributed by atoms with Crippen LogP contribution in [0.1, 0.15) is 17.8 Å². The third kappa shape index (κ3) is 4.27. The van der Waals surface area contributed by atoms with Crippen LogP contribution in [-0.2, 0) is 9.53 Å². The van der Waals surface area contributed by atoms with Crippen LogP contribution in [0.15, 0.2) is 17.5 Å². The van der Waals surface area contributed by atoms with Crippen LogP contribution in [0.4, 0.5) is 0 Å². The molecule has 2 rings (SSSR count). The van der Waals surface area contributed by atoms with Gasteiger partial charge in [0.25, 0.3) is 0 Å². The summed E-state index contributed by atoms with van der Waals surface area (Å²) in [5.41, 5.74) is 0. The number of amides is 1. The third-order valence-corrected chi connectivity index (χ3v) is 4.58. The average Bonchev–Trinajstić information content (AvgIpc) is 2.94. The van der Waals surface area contributed by atoms with Crippen LogP contribution in [-0.4, -0.2) is 48.5 Å². The second-order valence-electron chi connectivity index (χ2n) is 4.54. The minimum Gasteiger partial charge on any atom is -0.379 e. The van der Waals surface area contributed by atoms with Crippen molar-refractivity contribution in [1.82, 2.24) is 10.2 Å². The molecule has 0 aliphatic carbocycles. The first-order valence-electron chi connectivity index (χ1n) is 6.45. The van der Waals surface area contributed by atoms with Crippen LogP contribution in [0.25, 0.3) is 0 Å². The number of thiophene rings is 1. The van der Waals surface area contributed by atoms with Gasteiger partial charge in [-0.1, -0.05) is 22.0 Å². The van der Waals surface area contributed by atoms with E-state index in [2.05, 4.69) is 43.7 Å². The zero-order chi connectivity index (χ0) is 13.7. The van der Waals surface area contributed by atoms with Gasteiger partial charge in [-0.3, -0.25) is 9.69 Å². The Hall–Kier alpha value is -0.430. The van der Waals surface area contributed by atoms with E-state index in [1.165, 1.54) is 4.88 Å². The van der Waals surface area contributed by atoms with Crippen LogP contribution in [0.3, 0.4) is 0 Å². The molecule has 2 heterocycles. The summed E-state index contributed by atoms with van der Waals surface area (Å²) in [6.45, 7) is 5.86. The molecule has 1 fully saturated rings. The highest BCUT2D eigenvalue weighted by atomic mass is 79.9. The normalized spacial score (nSPS) is 19.9. The summed E-state index contributed by atoms with van der Waals surface area (Å²) in [6.07, 6.45) is 0. The number of morpholine rings is 1. The minimum absolute atomic E-state index is 0.0369. The summed E-state index contributed by atoms with van der Waals surface area (Å²) in [7, 11) is 0. The number of ether oxygens (including phenoxy) is 1. The fourth-order valence-electron chi connectivity index (χ4n) is 2.12. The molecule has 1 aromatic rings. The number of nitrogens with one attached hydrogen (secondary N) is 1. The molecule has 0 radical (unpaired) electrons. The van der Waals surface area contributed by atoms with Crippen molar-refractivity contribution in [3.8, 4) is 0 Å². The molecule has 1 amide bonds. The van der Waals surface area contributed by atoms with E-state index < -0.39 is 0 Å². The monoisotopic (exact) mass is 346 g/mol. The molecule has 0 saturated carbocycles. The van der Waals surface area contributed by atoms with Crippen molar-refractivity contribution in [1.29, 1.82) is 0 Å². The Labute approximate surface area is 126 Å². The van der Waals surface area contributed by atoms with E-state index >= 15 is 0 Å². The van der Waals surface area contributed by atoms with Crippen molar-refractivity contribution in [2.75, 3.05) is 32.8 Å². The van der Waals surface area contributed by atoms with Gasteiger partial charge in [0.15, 0.2) is 0 Å². The highest BCUT2D eigenvalue weighted by Crippen LogP contribution is 2.25. The highest BCUT2D eigenvalue weighted by Gasteiger charge is 2.24. The first-order chi connectivity index (χ1) is 9.18. The summed E-state index contributed by atoms with van der Waals surface area (Å²) in [5, 5.41) is 5.09. The van der Waals surface area contributed by atoms with Crippen molar-refractivity contribution in [2.45, 2.75) is 17.8 Å². The molecule has 2 unspecified atom stereocenters. The van der Waals surface area contributed by atoms with E-state index in [4.69, 9.17) is 4.74 Å². The summed E-state index contributed by atoms with van der Waals surface area (Å²) in [4.78, 5) is 15.2. The van der Waals surface area contributed by atoms with Gasteiger partial charge in [-0.05, 0) is 18.4 Å². The zero-order valence-corrected chi connectivity index (χ0v) is 13.4. The Kier molecular flexibility index (Phi) is 5.81. The maximum Gasteiger partial charge on any atom is 0.233 e. The molecule has 0 aromatic carbocycles. The first-order valence-corrected chi connectivity index (χ1v) is 8.25. The van der Waals surface area contributed by atoms with Crippen LogP contribution in [0, 0.1) is 0 Å². The molecule has 1 N–H and O–H groups in total. The first kappa shape index (κ1) is 15.0. The fourth-order valence-corrected chi connectivity index (χ4v) is 3.14. The Morgan fingerprint density at radius 2 is 2.32 bits per heavy atom. The largest absolute Gasteiger partial charge is 0.379 e. The van der Waals surface area contributed by atoms with E-state index in [0.29, 0.717) is 6.54 Å². The van der Waals surface area contributed by atoms with Gasteiger partial charge in [-0.25, -0.2) is 0 Å². The van der Waals surface area contributed by atoms with Crippen molar-refractivity contribution < 1.29 is 9.53 Å². The van der Waals surface area contributed by atoms with Gasteiger partial charge in [-0.15, -0.1) is 11.3 Å². The molecular formula is C13H19BrN2O2S. The summed E-state index contributed by atoms with van der Waals surface area (Å²) in [5.74, 6) is 0.0369. The molecule has 0 spiro atoms. The third-order valence-electron chi connectivity index (χ3n) is 3.19. The topological polar surface area (TPSA) is 41.6 Å². The Morgan fingerprint density at radius 1 is 1.58 bits per heavy atom. The SMILES string of the molecule is CC(Br)C(=O)NCC(c1cccs1)N1CCOCC1. The lowest BCUT2D eigenvalue weighted by Crippen LogP contribution is -2.44. The van der Waals surface area contributed by atoms with Gasteiger partial charge >= 0.3 is 0 Å². The number of carbonyl (C=O) groups excluding carboxylic acids is 1. The molecule has 1 aromatic heterocycles. The van der Waals surface area contributed by atoms with Gasteiger partial charge in [0.05, 0.1) is 24.1 Å². The summed E-state index contributed by atoms with van der Waals surface area (Å²) >= 11 is 5.03. The van der Waals surface area contributed by atoms with E-state index in [1.54, 1.807) is 11.3 Å². The number of nitrogens with zero attached hydrogens (tertiary/aromatic N) is 1. The number of halogens is 1. The lowest BCUT2D eigenvalue weighted by atomic mass is 10.2. The minimum atomic E-state index is -0.152. The maximum atomic E-state index is 11.7. The smallest absolute Gasteiger partial charge is 0.233 e. The van der Waals surface area contributed by atoms with Crippen LogP contribution in [0.5, 0.6) is 0 Å². The number of carbonyl (C=O) groups is 1. The molecule has 19 heavy (non-hydrogen) atoms. The molecule has 1 aliphatic rings. The van der Waals surface area contributed by atoms with Gasteiger partial charge < -0.3 is 10.1 Å². The predicted molar refractivity (Wildman–Crippen MR) is 80.9 cm³/mol. The molecule has 1 saturated heterocycles. The second-order valence-corrected chi connectivity index (χ2v) is 6.89. The molecule has 4 nitrogen and oxygen atoms in total. The van der Waals surface area contributed by atoms with Gasteiger partial charge in [0.1, 0.15) is 0 Å². The molecular weight excluding hydrogens is 328 g/mol. The number of hydrogen-bond donors (Lipinski definition) is 1. The number of alkyl halides is 1. The van der Waals surface area contributed by atoms with Crippen molar-refractivity contribution >= 4 is 33.2 Å². The number of hydrogen-bond acceptors (Lipinski definition) is 4. The lowest BCUT2D eigenvalue weighted by Gasteiger charge is -2.34. The van der Waals surface area contributed by atoms with Crippen molar-refractivity contribution in [3.63, 3.8) is 0 Å². The average molecular weight is 347 g/mol. The van der Waals surface area contributed by atoms with E-state index in [-0.39, 0.29) is 16.8 Å². The molecule has 2 atom stereocenters. The molecule has 6 heteroatoms.